The maximum absolute atomic E-state index is 5.88. The first-order chi connectivity index (χ1) is 8.81. The molecule has 1 heterocycles. The SMILES string of the molecule is Clc1ccc(-c2csc(CCNC3CC3)n2)cc1. The van der Waals surface area contributed by atoms with E-state index in [2.05, 4.69) is 15.7 Å². The normalized spacial score (nSPS) is 14.9. The molecule has 0 saturated heterocycles. The molecule has 0 spiro atoms. The highest BCUT2D eigenvalue weighted by atomic mass is 35.5. The Labute approximate surface area is 116 Å². The smallest absolute Gasteiger partial charge is 0.0945 e. The van der Waals surface area contributed by atoms with Crippen LogP contribution in [-0.4, -0.2) is 17.6 Å². The average Bonchev–Trinajstić information content (AvgIpc) is 3.08. The molecule has 0 bridgehead atoms. The Bertz CT molecular complexity index is 517. The van der Waals surface area contributed by atoms with Gasteiger partial charge in [0.2, 0.25) is 0 Å². The third kappa shape index (κ3) is 3.10. The highest BCUT2D eigenvalue weighted by molar-refractivity contribution is 7.09. The minimum atomic E-state index is 0.767. The van der Waals surface area contributed by atoms with Crippen LogP contribution in [0.4, 0.5) is 0 Å². The Balaban J connectivity index is 1.62. The van der Waals surface area contributed by atoms with E-state index in [-0.39, 0.29) is 0 Å². The number of thiazole rings is 1. The van der Waals surface area contributed by atoms with E-state index < -0.39 is 0 Å². The largest absolute Gasteiger partial charge is 0.314 e. The second-order valence-corrected chi connectivity index (χ2v) is 5.99. The van der Waals surface area contributed by atoms with E-state index >= 15 is 0 Å². The lowest BCUT2D eigenvalue weighted by Crippen LogP contribution is -2.19. The zero-order valence-electron chi connectivity index (χ0n) is 10.0. The van der Waals surface area contributed by atoms with E-state index in [9.17, 15) is 0 Å². The molecule has 1 aromatic heterocycles. The second-order valence-electron chi connectivity index (χ2n) is 4.61. The van der Waals surface area contributed by atoms with Gasteiger partial charge in [0.25, 0.3) is 0 Å². The Morgan fingerprint density at radius 2 is 2.06 bits per heavy atom. The van der Waals surface area contributed by atoms with E-state index in [0.29, 0.717) is 0 Å². The summed E-state index contributed by atoms with van der Waals surface area (Å²) < 4.78 is 0. The van der Waals surface area contributed by atoms with Gasteiger partial charge in [0, 0.05) is 35.0 Å². The van der Waals surface area contributed by atoms with Crippen LogP contribution in [0.2, 0.25) is 5.02 Å². The van der Waals surface area contributed by atoms with Gasteiger partial charge in [-0.25, -0.2) is 4.98 Å². The molecule has 1 aromatic carbocycles. The van der Waals surface area contributed by atoms with E-state index in [4.69, 9.17) is 11.6 Å². The van der Waals surface area contributed by atoms with Crippen LogP contribution in [0.1, 0.15) is 17.8 Å². The van der Waals surface area contributed by atoms with Crippen LogP contribution in [0, 0.1) is 0 Å². The van der Waals surface area contributed by atoms with Gasteiger partial charge in [-0.3, -0.25) is 0 Å². The van der Waals surface area contributed by atoms with Crippen molar-refractivity contribution in [2.75, 3.05) is 6.54 Å². The standard InChI is InChI=1S/C14H15ClN2S/c15-11-3-1-10(2-4-11)13-9-18-14(17-13)7-8-16-12-5-6-12/h1-4,9,12,16H,5-8H2. The van der Waals surface area contributed by atoms with E-state index in [1.807, 2.05) is 24.3 Å². The molecule has 0 unspecified atom stereocenters. The van der Waals surface area contributed by atoms with Crippen molar-refractivity contribution in [3.8, 4) is 11.3 Å². The molecule has 0 atom stereocenters. The van der Waals surface area contributed by atoms with Crippen molar-refractivity contribution in [3.05, 3.63) is 39.7 Å². The molecule has 1 saturated carbocycles. The van der Waals surface area contributed by atoms with E-state index in [0.717, 1.165) is 35.3 Å². The lowest BCUT2D eigenvalue weighted by molar-refractivity contribution is 0.680. The van der Waals surface area contributed by atoms with Crippen molar-refractivity contribution >= 4 is 22.9 Å². The van der Waals surface area contributed by atoms with Crippen molar-refractivity contribution in [3.63, 3.8) is 0 Å². The second kappa shape index (κ2) is 5.39. The molecule has 2 aromatic rings. The Morgan fingerprint density at radius 1 is 1.28 bits per heavy atom. The number of rotatable bonds is 5. The van der Waals surface area contributed by atoms with Gasteiger partial charge in [-0.05, 0) is 25.0 Å². The van der Waals surface area contributed by atoms with Crippen molar-refractivity contribution in [2.45, 2.75) is 25.3 Å². The fraction of sp³-hybridized carbons (Fsp3) is 0.357. The van der Waals surface area contributed by atoms with Gasteiger partial charge in [0.15, 0.2) is 0 Å². The summed E-state index contributed by atoms with van der Waals surface area (Å²) in [6.45, 7) is 1.04. The fourth-order valence-electron chi connectivity index (χ4n) is 1.85. The minimum Gasteiger partial charge on any atom is -0.314 e. The maximum Gasteiger partial charge on any atom is 0.0945 e. The van der Waals surface area contributed by atoms with Crippen LogP contribution in [-0.2, 0) is 6.42 Å². The summed E-state index contributed by atoms with van der Waals surface area (Å²) in [5, 5.41) is 7.60. The molecular formula is C14H15ClN2S. The number of aromatic nitrogens is 1. The van der Waals surface area contributed by atoms with Gasteiger partial charge in [-0.1, -0.05) is 23.7 Å². The lowest BCUT2D eigenvalue weighted by Gasteiger charge is -1.99. The highest BCUT2D eigenvalue weighted by Gasteiger charge is 2.19. The molecule has 1 aliphatic rings. The third-order valence-electron chi connectivity index (χ3n) is 3.04. The summed E-state index contributed by atoms with van der Waals surface area (Å²) in [7, 11) is 0. The summed E-state index contributed by atoms with van der Waals surface area (Å²) in [5.74, 6) is 0. The minimum absolute atomic E-state index is 0.767. The van der Waals surface area contributed by atoms with Crippen molar-refractivity contribution < 1.29 is 0 Å². The molecule has 4 heteroatoms. The van der Waals surface area contributed by atoms with E-state index in [1.54, 1.807) is 11.3 Å². The summed E-state index contributed by atoms with van der Waals surface area (Å²) in [6, 6.07) is 8.63. The van der Waals surface area contributed by atoms with Crippen LogP contribution in [0.5, 0.6) is 0 Å². The number of hydrogen-bond acceptors (Lipinski definition) is 3. The molecule has 1 N–H and O–H groups in total. The van der Waals surface area contributed by atoms with Crippen molar-refractivity contribution in [1.82, 2.24) is 10.3 Å². The molecule has 1 fully saturated rings. The third-order valence-corrected chi connectivity index (χ3v) is 4.20. The van der Waals surface area contributed by atoms with Crippen molar-refractivity contribution in [1.29, 1.82) is 0 Å². The van der Waals surface area contributed by atoms with Gasteiger partial charge >= 0.3 is 0 Å². The zero-order chi connectivity index (χ0) is 12.4. The van der Waals surface area contributed by atoms with Crippen LogP contribution < -0.4 is 5.32 Å². The Kier molecular flexibility index (Phi) is 3.64. The molecule has 18 heavy (non-hydrogen) atoms. The summed E-state index contributed by atoms with van der Waals surface area (Å²) in [6.07, 6.45) is 3.70. The molecule has 1 aliphatic carbocycles. The van der Waals surface area contributed by atoms with Crippen molar-refractivity contribution in [2.24, 2.45) is 0 Å². The fourth-order valence-corrected chi connectivity index (χ4v) is 2.78. The van der Waals surface area contributed by atoms with Crippen LogP contribution in [0.15, 0.2) is 29.6 Å². The van der Waals surface area contributed by atoms with Gasteiger partial charge in [0.05, 0.1) is 10.7 Å². The summed E-state index contributed by atoms with van der Waals surface area (Å²) in [5.41, 5.74) is 2.19. The van der Waals surface area contributed by atoms with Gasteiger partial charge in [-0.2, -0.15) is 0 Å². The Hall–Kier alpha value is -0.900. The molecule has 2 nitrogen and oxygen atoms in total. The Morgan fingerprint density at radius 3 is 2.78 bits per heavy atom. The average molecular weight is 279 g/mol. The predicted octanol–water partition coefficient (Wildman–Crippen LogP) is 3.76. The summed E-state index contributed by atoms with van der Waals surface area (Å²) >= 11 is 7.62. The molecule has 94 valence electrons. The first-order valence-electron chi connectivity index (χ1n) is 6.25. The maximum atomic E-state index is 5.88. The molecular weight excluding hydrogens is 264 g/mol. The monoisotopic (exact) mass is 278 g/mol. The van der Waals surface area contributed by atoms with Gasteiger partial charge in [0.1, 0.15) is 0 Å². The number of nitrogens with zero attached hydrogens (tertiary/aromatic N) is 1. The van der Waals surface area contributed by atoms with E-state index in [1.165, 1.54) is 17.8 Å². The van der Waals surface area contributed by atoms with Gasteiger partial charge in [-0.15, -0.1) is 11.3 Å². The van der Waals surface area contributed by atoms with Gasteiger partial charge < -0.3 is 5.32 Å². The number of nitrogens with one attached hydrogen (secondary N) is 1. The first-order valence-corrected chi connectivity index (χ1v) is 7.51. The zero-order valence-corrected chi connectivity index (χ0v) is 11.6. The lowest BCUT2D eigenvalue weighted by atomic mass is 10.2. The molecule has 0 amide bonds. The quantitative estimate of drug-likeness (QED) is 0.901. The number of benzene rings is 1. The number of hydrogen-bond donors (Lipinski definition) is 1. The molecule has 0 radical (unpaired) electrons. The molecule has 0 aliphatic heterocycles. The highest BCUT2D eigenvalue weighted by Crippen LogP contribution is 2.24. The van der Waals surface area contributed by atoms with Crippen LogP contribution >= 0.6 is 22.9 Å². The predicted molar refractivity (Wildman–Crippen MR) is 77.3 cm³/mol. The molecule has 3 rings (SSSR count). The first kappa shape index (κ1) is 12.2. The number of halogens is 1. The van der Waals surface area contributed by atoms with Crippen LogP contribution in [0.25, 0.3) is 11.3 Å². The summed E-state index contributed by atoms with van der Waals surface area (Å²) in [4.78, 5) is 4.66. The topological polar surface area (TPSA) is 24.9 Å². The van der Waals surface area contributed by atoms with Crippen LogP contribution in [0.3, 0.4) is 0 Å².